The highest BCUT2D eigenvalue weighted by molar-refractivity contribution is 5.86. The molecule has 2 aliphatic rings. The zero-order chi connectivity index (χ0) is 16.5. The summed E-state index contributed by atoms with van der Waals surface area (Å²) in [6, 6.07) is 6.62. The summed E-state index contributed by atoms with van der Waals surface area (Å²) < 4.78 is 0. The predicted octanol–water partition coefficient (Wildman–Crippen LogP) is 1.43. The molecule has 24 heavy (non-hydrogen) atoms. The fraction of sp³-hybridized carbons (Fsp3) is 0.500. The van der Waals surface area contributed by atoms with E-state index in [2.05, 4.69) is 38.0 Å². The van der Waals surface area contributed by atoms with Crippen LogP contribution < -0.4 is 10.6 Å². The van der Waals surface area contributed by atoms with E-state index in [4.69, 9.17) is 0 Å². The normalized spacial score (nSPS) is 27.1. The summed E-state index contributed by atoms with van der Waals surface area (Å²) in [5.41, 5.74) is 2.17. The third-order valence-corrected chi connectivity index (χ3v) is 5.26. The second kappa shape index (κ2) is 6.36. The van der Waals surface area contributed by atoms with Crippen molar-refractivity contribution >= 4 is 23.0 Å². The molecule has 2 aromatic rings. The van der Waals surface area contributed by atoms with Crippen molar-refractivity contribution in [1.82, 2.24) is 20.8 Å². The van der Waals surface area contributed by atoms with Gasteiger partial charge in [-0.1, -0.05) is 12.1 Å². The maximum atomic E-state index is 12.6. The molecular weight excluding hydrogens is 302 g/mol. The summed E-state index contributed by atoms with van der Waals surface area (Å²) in [4.78, 5) is 16.8. The van der Waals surface area contributed by atoms with E-state index in [9.17, 15) is 4.79 Å². The Bertz CT molecular complexity index is 768. The van der Waals surface area contributed by atoms with Crippen LogP contribution in [0.25, 0.3) is 10.9 Å². The van der Waals surface area contributed by atoms with Gasteiger partial charge in [-0.25, -0.2) is 0 Å². The number of nitrogens with one attached hydrogen (secondary N) is 3. The molecule has 4 unspecified atom stereocenters. The fourth-order valence-electron chi connectivity index (χ4n) is 4.11. The smallest absolute Gasteiger partial charge is 0.237 e. The van der Waals surface area contributed by atoms with Crippen LogP contribution in [-0.4, -0.2) is 47.5 Å². The average molecular weight is 325 g/mol. The Morgan fingerprint density at radius 1 is 1.50 bits per heavy atom. The Kier molecular flexibility index (Phi) is 4.06. The third-order valence-electron chi connectivity index (χ3n) is 5.26. The number of carbonyl (C=O) groups excluding carboxylic acids is 1. The maximum Gasteiger partial charge on any atom is 0.237 e. The Morgan fingerprint density at radius 3 is 3.17 bits per heavy atom. The van der Waals surface area contributed by atoms with Crippen LogP contribution in [-0.2, 0) is 11.2 Å². The van der Waals surface area contributed by atoms with E-state index >= 15 is 0 Å². The molecule has 1 aliphatic heterocycles. The number of aromatic nitrogens is 2. The van der Waals surface area contributed by atoms with Crippen molar-refractivity contribution in [3.63, 3.8) is 0 Å². The molecule has 1 saturated heterocycles. The average Bonchev–Trinajstić information content (AvgIpc) is 3.30. The molecule has 1 saturated carbocycles. The summed E-state index contributed by atoms with van der Waals surface area (Å²) in [6.07, 6.45) is 7.87. The number of fused-ring (bicyclic) bond motifs is 3. The van der Waals surface area contributed by atoms with Crippen LogP contribution in [0, 0.1) is 5.92 Å². The first-order chi connectivity index (χ1) is 11.7. The van der Waals surface area contributed by atoms with Gasteiger partial charge in [0.2, 0.25) is 5.91 Å². The van der Waals surface area contributed by atoms with Gasteiger partial charge in [0.05, 0.1) is 23.8 Å². The summed E-state index contributed by atoms with van der Waals surface area (Å²) in [7, 11) is 1.74. The number of rotatable bonds is 5. The van der Waals surface area contributed by atoms with Gasteiger partial charge in [-0.05, 0) is 43.2 Å². The van der Waals surface area contributed by atoms with Crippen LogP contribution in [0.1, 0.15) is 24.8 Å². The second-order valence-electron chi connectivity index (χ2n) is 6.93. The molecular formula is C18H23N5O. The Labute approximate surface area is 141 Å². The molecule has 6 heteroatoms. The monoisotopic (exact) mass is 325 g/mol. The lowest BCUT2D eigenvalue weighted by atomic mass is 9.98. The van der Waals surface area contributed by atoms with Gasteiger partial charge < -0.3 is 10.6 Å². The molecule has 4 atom stereocenters. The Morgan fingerprint density at radius 2 is 2.42 bits per heavy atom. The van der Waals surface area contributed by atoms with Crippen molar-refractivity contribution in [2.45, 2.75) is 43.8 Å². The van der Waals surface area contributed by atoms with Crippen LogP contribution in [0.2, 0.25) is 0 Å². The Balaban J connectivity index is 1.44. The van der Waals surface area contributed by atoms with E-state index < -0.39 is 0 Å². The Hall–Kier alpha value is -2.21. The standard InChI is InChI=1S/C18H23N5O/c1-19-10-15(6-11-2-3-13-9-20-23-16(13)7-11)22-18(24)17-12-4-5-14(8-12)21-17/h2-3,7,9-10,12,14-15,17,21H,4-6,8H2,1H3,(H,20,23)(H,22,24). The molecule has 126 valence electrons. The SMILES string of the molecule is CN=CC(Cc1ccc2cn[nH]c2c1)NC(=O)C1NC2CCC1C2. The van der Waals surface area contributed by atoms with Crippen molar-refractivity contribution < 1.29 is 4.79 Å². The van der Waals surface area contributed by atoms with E-state index in [-0.39, 0.29) is 18.0 Å². The largest absolute Gasteiger partial charge is 0.347 e. The number of hydrogen-bond acceptors (Lipinski definition) is 4. The van der Waals surface area contributed by atoms with E-state index in [1.54, 1.807) is 7.05 Å². The van der Waals surface area contributed by atoms with Crippen molar-refractivity contribution in [1.29, 1.82) is 0 Å². The van der Waals surface area contributed by atoms with Crippen molar-refractivity contribution in [2.75, 3.05) is 7.05 Å². The first-order valence-electron chi connectivity index (χ1n) is 8.63. The van der Waals surface area contributed by atoms with Gasteiger partial charge in [-0.2, -0.15) is 5.10 Å². The lowest BCUT2D eigenvalue weighted by Crippen LogP contribution is -2.51. The molecule has 6 nitrogen and oxygen atoms in total. The third kappa shape index (κ3) is 2.94. The first kappa shape index (κ1) is 15.3. The van der Waals surface area contributed by atoms with Crippen LogP contribution in [0.3, 0.4) is 0 Å². The van der Waals surface area contributed by atoms with E-state index in [1.165, 1.54) is 12.8 Å². The highest BCUT2D eigenvalue weighted by Gasteiger charge is 2.42. The summed E-state index contributed by atoms with van der Waals surface area (Å²) in [5, 5.41) is 14.7. The lowest BCUT2D eigenvalue weighted by molar-refractivity contribution is -0.124. The number of benzene rings is 1. The molecule has 0 radical (unpaired) electrons. The van der Waals surface area contributed by atoms with Crippen molar-refractivity contribution in [2.24, 2.45) is 10.9 Å². The number of H-pyrrole nitrogens is 1. The molecule has 1 aromatic heterocycles. The van der Waals surface area contributed by atoms with E-state index in [0.717, 1.165) is 29.3 Å². The van der Waals surface area contributed by atoms with E-state index in [1.807, 2.05) is 18.5 Å². The minimum atomic E-state index is -0.0937. The van der Waals surface area contributed by atoms with Crippen LogP contribution >= 0.6 is 0 Å². The molecule has 3 N–H and O–H groups in total. The van der Waals surface area contributed by atoms with Crippen molar-refractivity contribution in [3.8, 4) is 0 Å². The second-order valence-corrected chi connectivity index (χ2v) is 6.93. The van der Waals surface area contributed by atoms with Gasteiger partial charge in [0, 0.05) is 24.7 Å². The van der Waals surface area contributed by atoms with Gasteiger partial charge in [0.1, 0.15) is 0 Å². The summed E-state index contributed by atoms with van der Waals surface area (Å²) in [5.74, 6) is 0.602. The highest BCUT2D eigenvalue weighted by atomic mass is 16.2. The van der Waals surface area contributed by atoms with Gasteiger partial charge in [-0.3, -0.25) is 14.9 Å². The van der Waals surface area contributed by atoms with Gasteiger partial charge in [-0.15, -0.1) is 0 Å². The zero-order valence-electron chi connectivity index (χ0n) is 13.8. The minimum Gasteiger partial charge on any atom is -0.347 e. The van der Waals surface area contributed by atoms with Gasteiger partial charge >= 0.3 is 0 Å². The molecule has 2 fully saturated rings. The fourth-order valence-corrected chi connectivity index (χ4v) is 4.11. The number of amides is 1. The van der Waals surface area contributed by atoms with Gasteiger partial charge in [0.25, 0.3) is 0 Å². The number of piperidine rings is 1. The molecule has 1 aromatic carbocycles. The number of carbonyl (C=O) groups is 1. The number of aliphatic imine (C=N–C) groups is 1. The summed E-state index contributed by atoms with van der Waals surface area (Å²) >= 11 is 0. The van der Waals surface area contributed by atoms with Crippen LogP contribution in [0.4, 0.5) is 0 Å². The number of nitrogens with zero attached hydrogens (tertiary/aromatic N) is 2. The first-order valence-corrected chi connectivity index (χ1v) is 8.63. The van der Waals surface area contributed by atoms with Crippen LogP contribution in [0.5, 0.6) is 0 Å². The number of aromatic amines is 1. The molecule has 1 amide bonds. The molecule has 1 aliphatic carbocycles. The van der Waals surface area contributed by atoms with Crippen molar-refractivity contribution in [3.05, 3.63) is 30.0 Å². The summed E-state index contributed by atoms with van der Waals surface area (Å²) in [6.45, 7) is 0. The predicted molar refractivity (Wildman–Crippen MR) is 94.2 cm³/mol. The molecule has 2 heterocycles. The lowest BCUT2D eigenvalue weighted by Gasteiger charge is -2.24. The van der Waals surface area contributed by atoms with Gasteiger partial charge in [0.15, 0.2) is 0 Å². The highest BCUT2D eigenvalue weighted by Crippen LogP contribution is 2.35. The number of hydrogen-bond donors (Lipinski definition) is 3. The molecule has 0 spiro atoms. The minimum absolute atomic E-state index is 0.0356. The molecule has 2 bridgehead atoms. The van der Waals surface area contributed by atoms with Crippen LogP contribution in [0.15, 0.2) is 29.4 Å². The molecule has 4 rings (SSSR count). The quantitative estimate of drug-likeness (QED) is 0.727. The topological polar surface area (TPSA) is 82.2 Å². The maximum absolute atomic E-state index is 12.6. The van der Waals surface area contributed by atoms with E-state index in [0.29, 0.717) is 12.0 Å². The zero-order valence-corrected chi connectivity index (χ0v) is 13.8.